The van der Waals surface area contributed by atoms with Gasteiger partial charge in [0.15, 0.2) is 0 Å². The first-order chi connectivity index (χ1) is 13.1. The van der Waals surface area contributed by atoms with Crippen molar-refractivity contribution in [3.05, 3.63) is 64.1 Å². The van der Waals surface area contributed by atoms with Gasteiger partial charge in [0, 0.05) is 47.9 Å². The van der Waals surface area contributed by atoms with E-state index in [4.69, 9.17) is 27.9 Å². The van der Waals surface area contributed by atoms with Crippen LogP contribution in [0.1, 0.15) is 12.5 Å². The number of ether oxygens (including phenoxy) is 1. The van der Waals surface area contributed by atoms with Crippen LogP contribution in [-0.4, -0.2) is 43.6 Å². The molecule has 0 atom stereocenters. The van der Waals surface area contributed by atoms with Gasteiger partial charge in [-0.05, 0) is 37.3 Å². The van der Waals surface area contributed by atoms with E-state index in [1.165, 1.54) is 6.08 Å². The number of amides is 1. The van der Waals surface area contributed by atoms with Crippen molar-refractivity contribution in [1.29, 1.82) is 0 Å². The van der Waals surface area contributed by atoms with Crippen molar-refractivity contribution in [3.8, 4) is 5.75 Å². The quantitative estimate of drug-likeness (QED) is 0.673. The zero-order valence-corrected chi connectivity index (χ0v) is 16.7. The molecule has 1 amide bonds. The Morgan fingerprint density at radius 2 is 1.70 bits per heavy atom. The van der Waals surface area contributed by atoms with E-state index < -0.39 is 0 Å². The summed E-state index contributed by atoms with van der Waals surface area (Å²) < 4.78 is 5.72. The molecule has 0 spiro atoms. The fourth-order valence-electron chi connectivity index (χ4n) is 3.09. The van der Waals surface area contributed by atoms with E-state index in [0.29, 0.717) is 35.3 Å². The molecule has 0 unspecified atom stereocenters. The molecular weight excluding hydrogens is 383 g/mol. The van der Waals surface area contributed by atoms with Crippen molar-refractivity contribution in [2.45, 2.75) is 6.92 Å². The van der Waals surface area contributed by atoms with E-state index in [1.807, 2.05) is 30.0 Å². The lowest BCUT2D eigenvalue weighted by molar-refractivity contribution is -0.126. The van der Waals surface area contributed by atoms with E-state index in [-0.39, 0.29) is 5.91 Å². The Kier molecular flexibility index (Phi) is 6.64. The maximum Gasteiger partial charge on any atom is 0.246 e. The minimum absolute atomic E-state index is 0.0382. The number of rotatable bonds is 5. The summed E-state index contributed by atoms with van der Waals surface area (Å²) in [7, 11) is 0. The molecule has 6 heteroatoms. The fraction of sp³-hybridized carbons (Fsp3) is 0.286. The summed E-state index contributed by atoms with van der Waals surface area (Å²) in [6, 6.07) is 13.3. The first-order valence-electron chi connectivity index (χ1n) is 8.98. The topological polar surface area (TPSA) is 32.8 Å². The smallest absolute Gasteiger partial charge is 0.246 e. The van der Waals surface area contributed by atoms with Crippen molar-refractivity contribution in [3.63, 3.8) is 0 Å². The first-order valence-corrected chi connectivity index (χ1v) is 9.73. The van der Waals surface area contributed by atoms with Gasteiger partial charge in [-0.3, -0.25) is 4.79 Å². The third-order valence-corrected chi connectivity index (χ3v) is 5.15. The number of carbonyl (C=O) groups is 1. The van der Waals surface area contributed by atoms with Crippen LogP contribution in [0.2, 0.25) is 10.0 Å². The van der Waals surface area contributed by atoms with E-state index in [0.717, 1.165) is 24.5 Å². The molecular formula is C21H22Cl2N2O2. The summed E-state index contributed by atoms with van der Waals surface area (Å²) in [4.78, 5) is 16.6. The van der Waals surface area contributed by atoms with Gasteiger partial charge in [0.05, 0.1) is 12.3 Å². The first kappa shape index (κ1) is 19.6. The highest BCUT2D eigenvalue weighted by atomic mass is 35.5. The number of hydrogen-bond donors (Lipinski definition) is 0. The predicted molar refractivity (Wildman–Crippen MR) is 112 cm³/mol. The number of hydrogen-bond acceptors (Lipinski definition) is 3. The summed E-state index contributed by atoms with van der Waals surface area (Å²) in [5.74, 6) is 0.844. The lowest BCUT2D eigenvalue weighted by atomic mass is 10.2. The molecule has 0 radical (unpaired) electrons. The van der Waals surface area contributed by atoms with Gasteiger partial charge in [0.2, 0.25) is 5.91 Å². The van der Waals surface area contributed by atoms with Crippen molar-refractivity contribution >= 4 is 40.9 Å². The molecule has 1 heterocycles. The number of piperazine rings is 1. The van der Waals surface area contributed by atoms with Crippen LogP contribution >= 0.6 is 23.2 Å². The molecule has 0 N–H and O–H groups in total. The molecule has 1 aliphatic rings. The van der Waals surface area contributed by atoms with Crippen LogP contribution in [0.25, 0.3) is 6.08 Å². The molecule has 1 aliphatic heterocycles. The second-order valence-electron chi connectivity index (χ2n) is 6.18. The van der Waals surface area contributed by atoms with Crippen molar-refractivity contribution in [2.75, 3.05) is 37.7 Å². The van der Waals surface area contributed by atoms with Gasteiger partial charge >= 0.3 is 0 Å². The molecule has 1 fully saturated rings. The number of nitrogens with zero attached hydrogens (tertiary/aromatic N) is 2. The monoisotopic (exact) mass is 404 g/mol. The van der Waals surface area contributed by atoms with Gasteiger partial charge < -0.3 is 14.5 Å². The summed E-state index contributed by atoms with van der Waals surface area (Å²) >= 11 is 12.3. The van der Waals surface area contributed by atoms with Crippen LogP contribution in [-0.2, 0) is 4.79 Å². The number of anilines is 1. The van der Waals surface area contributed by atoms with Gasteiger partial charge in [-0.25, -0.2) is 0 Å². The van der Waals surface area contributed by atoms with Crippen LogP contribution in [0.5, 0.6) is 5.75 Å². The van der Waals surface area contributed by atoms with E-state index >= 15 is 0 Å². The van der Waals surface area contributed by atoms with Gasteiger partial charge in [-0.15, -0.1) is 0 Å². The number of benzene rings is 2. The van der Waals surface area contributed by atoms with Crippen LogP contribution in [0.15, 0.2) is 48.5 Å². The van der Waals surface area contributed by atoms with Crippen molar-refractivity contribution in [1.82, 2.24) is 4.90 Å². The molecule has 1 saturated heterocycles. The highest BCUT2D eigenvalue weighted by Gasteiger charge is 2.21. The second-order valence-corrected chi connectivity index (χ2v) is 7.00. The summed E-state index contributed by atoms with van der Waals surface area (Å²) in [5.41, 5.74) is 1.74. The lowest BCUT2D eigenvalue weighted by Gasteiger charge is -2.36. The Balaban J connectivity index is 1.62. The van der Waals surface area contributed by atoms with Crippen LogP contribution in [0.3, 0.4) is 0 Å². The standard InChI is InChI=1S/C21H22Cl2N2O2/c1-2-27-20-9-4-3-8-19(20)24-12-14-25(15-13-24)21(26)11-10-16-17(22)6-5-7-18(16)23/h3-11H,2,12-15H2,1H3/b11-10+. The zero-order valence-electron chi connectivity index (χ0n) is 15.2. The van der Waals surface area contributed by atoms with Crippen molar-refractivity contribution in [2.24, 2.45) is 0 Å². The fourth-order valence-corrected chi connectivity index (χ4v) is 3.62. The molecule has 2 aromatic rings. The lowest BCUT2D eigenvalue weighted by Crippen LogP contribution is -2.48. The Hall–Kier alpha value is -2.17. The minimum atomic E-state index is -0.0382. The van der Waals surface area contributed by atoms with Crippen LogP contribution in [0, 0.1) is 0 Å². The van der Waals surface area contributed by atoms with Crippen molar-refractivity contribution < 1.29 is 9.53 Å². The molecule has 142 valence electrons. The van der Waals surface area contributed by atoms with Crippen LogP contribution in [0.4, 0.5) is 5.69 Å². The molecule has 27 heavy (non-hydrogen) atoms. The van der Waals surface area contributed by atoms with Crippen LogP contribution < -0.4 is 9.64 Å². The molecule has 0 saturated carbocycles. The Morgan fingerprint density at radius 1 is 1.04 bits per heavy atom. The zero-order chi connectivity index (χ0) is 19.2. The van der Waals surface area contributed by atoms with E-state index in [9.17, 15) is 4.79 Å². The van der Waals surface area contributed by atoms with Gasteiger partial charge in [-0.2, -0.15) is 0 Å². The minimum Gasteiger partial charge on any atom is -0.492 e. The molecule has 0 aliphatic carbocycles. The maximum atomic E-state index is 12.5. The second kappa shape index (κ2) is 9.16. The Morgan fingerprint density at radius 3 is 2.37 bits per heavy atom. The molecule has 3 rings (SSSR count). The van der Waals surface area contributed by atoms with Gasteiger partial charge in [-0.1, -0.05) is 41.4 Å². The SMILES string of the molecule is CCOc1ccccc1N1CCN(C(=O)/C=C/c2c(Cl)cccc2Cl)CC1. The highest BCUT2D eigenvalue weighted by Crippen LogP contribution is 2.29. The Bertz CT molecular complexity index is 810. The summed E-state index contributed by atoms with van der Waals surface area (Å²) in [5, 5.41) is 1.06. The predicted octanol–water partition coefficient (Wildman–Crippen LogP) is 4.75. The Labute approximate surface area is 169 Å². The van der Waals surface area contributed by atoms with Gasteiger partial charge in [0.1, 0.15) is 5.75 Å². The molecule has 0 bridgehead atoms. The summed E-state index contributed by atoms with van der Waals surface area (Å²) in [6.07, 6.45) is 3.22. The summed E-state index contributed by atoms with van der Waals surface area (Å²) in [6.45, 7) is 5.43. The largest absolute Gasteiger partial charge is 0.492 e. The highest BCUT2D eigenvalue weighted by molar-refractivity contribution is 6.37. The molecule has 0 aromatic heterocycles. The molecule has 2 aromatic carbocycles. The van der Waals surface area contributed by atoms with Gasteiger partial charge in [0.25, 0.3) is 0 Å². The third-order valence-electron chi connectivity index (χ3n) is 4.49. The molecule has 4 nitrogen and oxygen atoms in total. The van der Waals surface area contributed by atoms with E-state index in [1.54, 1.807) is 24.3 Å². The van der Waals surface area contributed by atoms with E-state index in [2.05, 4.69) is 11.0 Å². The number of para-hydroxylation sites is 2. The maximum absolute atomic E-state index is 12.5. The average molecular weight is 405 g/mol. The number of halogens is 2. The normalized spacial score (nSPS) is 14.6. The average Bonchev–Trinajstić information content (AvgIpc) is 2.68. The number of carbonyl (C=O) groups excluding carboxylic acids is 1. The third kappa shape index (κ3) is 4.76.